The molecule has 1 fully saturated rings. The largest absolute Gasteiger partial charge is 0.489 e. The smallest absolute Gasteiger partial charge is 0.262 e. The maximum absolute atomic E-state index is 11.6. The van der Waals surface area contributed by atoms with Gasteiger partial charge in [-0.05, 0) is 35.9 Å². The number of β-amino-alcohol motifs (C(OH)–C–C–N with tert-alkyl or cyclic N) is 1. The topological polar surface area (TPSA) is 80.3 Å². The first-order valence-electron chi connectivity index (χ1n) is 10.6. The zero-order valence-electron chi connectivity index (χ0n) is 17.1. The van der Waals surface area contributed by atoms with Crippen LogP contribution in [0.25, 0.3) is 0 Å². The monoisotopic (exact) mass is 444 g/mol. The number of hydrogen-bond acceptors (Lipinski definition) is 6. The first kappa shape index (κ1) is 20.4. The van der Waals surface area contributed by atoms with E-state index in [9.17, 15) is 9.90 Å². The molecule has 1 saturated heterocycles. The van der Waals surface area contributed by atoms with E-state index in [1.165, 1.54) is 5.56 Å². The Morgan fingerprint density at radius 2 is 2.06 bits per heavy atom. The summed E-state index contributed by atoms with van der Waals surface area (Å²) in [6.45, 7) is 2.35. The number of rotatable bonds is 5. The number of ether oxygens (including phenoxy) is 3. The van der Waals surface area contributed by atoms with Crippen LogP contribution in [0.5, 0.6) is 17.2 Å². The van der Waals surface area contributed by atoms with Gasteiger partial charge >= 0.3 is 0 Å². The number of hydrogen-bond donors (Lipinski definition) is 2. The Balaban J connectivity index is 1.12. The highest BCUT2D eigenvalue weighted by atomic mass is 35.5. The van der Waals surface area contributed by atoms with Crippen molar-refractivity contribution in [2.45, 2.75) is 31.0 Å². The van der Waals surface area contributed by atoms with E-state index in [1.807, 2.05) is 18.2 Å². The van der Waals surface area contributed by atoms with E-state index in [0.29, 0.717) is 23.7 Å². The Morgan fingerprint density at radius 3 is 2.90 bits per heavy atom. The summed E-state index contributed by atoms with van der Waals surface area (Å²) in [6.07, 6.45) is 2.05. The molecule has 0 radical (unpaired) electrons. The van der Waals surface area contributed by atoms with Crippen molar-refractivity contribution in [3.63, 3.8) is 0 Å². The molecule has 1 amide bonds. The number of likely N-dealkylation sites (tertiary alicyclic amines) is 1. The van der Waals surface area contributed by atoms with Crippen molar-refractivity contribution in [2.24, 2.45) is 0 Å². The Hall–Kier alpha value is -2.48. The van der Waals surface area contributed by atoms with E-state index < -0.39 is 6.10 Å². The molecule has 3 aliphatic rings. The van der Waals surface area contributed by atoms with Crippen molar-refractivity contribution >= 4 is 23.2 Å². The number of aliphatic hydroxyl groups excluding tert-OH is 1. The van der Waals surface area contributed by atoms with Crippen LogP contribution in [0.15, 0.2) is 36.4 Å². The second kappa shape index (κ2) is 8.22. The number of anilines is 1. The number of piperidine rings is 1. The van der Waals surface area contributed by atoms with Gasteiger partial charge in [-0.3, -0.25) is 4.79 Å². The van der Waals surface area contributed by atoms with Crippen molar-refractivity contribution in [1.29, 1.82) is 0 Å². The lowest BCUT2D eigenvalue weighted by Gasteiger charge is -2.39. The second-order valence-corrected chi connectivity index (χ2v) is 8.88. The average Bonchev–Trinajstić information content (AvgIpc) is 3.11. The number of fused-ring (bicyclic) bond motifs is 2. The van der Waals surface area contributed by atoms with E-state index in [0.717, 1.165) is 43.1 Å². The molecule has 0 aliphatic carbocycles. The fraction of sp³-hybridized carbons (Fsp3) is 0.435. The Kier molecular flexibility index (Phi) is 5.42. The first-order valence-corrected chi connectivity index (χ1v) is 10.9. The number of nitrogens with zero attached hydrogens (tertiary/aromatic N) is 1. The van der Waals surface area contributed by atoms with Gasteiger partial charge in [0.25, 0.3) is 5.91 Å². The number of benzene rings is 2. The van der Waals surface area contributed by atoms with E-state index in [1.54, 1.807) is 18.2 Å². The highest BCUT2D eigenvalue weighted by molar-refractivity contribution is 6.30. The highest BCUT2D eigenvalue weighted by Crippen LogP contribution is 2.42. The fourth-order valence-electron chi connectivity index (χ4n) is 4.55. The molecule has 5 rings (SSSR count). The molecule has 3 heterocycles. The van der Waals surface area contributed by atoms with Gasteiger partial charge in [-0.15, -0.1) is 0 Å². The van der Waals surface area contributed by atoms with E-state index in [2.05, 4.69) is 10.2 Å². The number of halogens is 1. The maximum Gasteiger partial charge on any atom is 0.262 e. The fourth-order valence-corrected chi connectivity index (χ4v) is 4.75. The van der Waals surface area contributed by atoms with E-state index in [4.69, 9.17) is 25.8 Å². The normalized spacial score (nSPS) is 20.3. The van der Waals surface area contributed by atoms with Gasteiger partial charge in [0.1, 0.15) is 41.2 Å². The van der Waals surface area contributed by atoms with Crippen molar-refractivity contribution in [1.82, 2.24) is 4.90 Å². The minimum absolute atomic E-state index is 0.00261. The summed E-state index contributed by atoms with van der Waals surface area (Å²) in [4.78, 5) is 13.8. The highest BCUT2D eigenvalue weighted by Gasteiger charge is 2.42. The molecule has 8 heteroatoms. The third-order valence-electron chi connectivity index (χ3n) is 6.14. The van der Waals surface area contributed by atoms with Gasteiger partial charge in [0.2, 0.25) is 0 Å². The minimum atomic E-state index is -0.648. The summed E-state index contributed by atoms with van der Waals surface area (Å²) in [5.74, 6) is 1.79. The van der Waals surface area contributed by atoms with Crippen LogP contribution in [0.4, 0.5) is 5.69 Å². The molecule has 1 spiro atoms. The van der Waals surface area contributed by atoms with Gasteiger partial charge in [-0.2, -0.15) is 0 Å². The van der Waals surface area contributed by atoms with Gasteiger partial charge in [-0.25, -0.2) is 0 Å². The minimum Gasteiger partial charge on any atom is -0.489 e. The van der Waals surface area contributed by atoms with Crippen LogP contribution in [0.3, 0.4) is 0 Å². The molecule has 7 nitrogen and oxygen atoms in total. The number of aliphatic hydroxyl groups is 1. The van der Waals surface area contributed by atoms with Crippen LogP contribution < -0.4 is 19.5 Å². The lowest BCUT2D eigenvalue weighted by atomic mass is 9.87. The summed E-state index contributed by atoms with van der Waals surface area (Å²) in [7, 11) is 0. The number of para-hydroxylation sites is 1. The Labute approximate surface area is 185 Å². The summed E-state index contributed by atoms with van der Waals surface area (Å²) >= 11 is 6.12. The van der Waals surface area contributed by atoms with Gasteiger partial charge in [-0.1, -0.05) is 17.7 Å². The zero-order chi connectivity index (χ0) is 21.4. The van der Waals surface area contributed by atoms with Crippen molar-refractivity contribution in [3.8, 4) is 17.2 Å². The Bertz CT molecular complexity index is 990. The quantitative estimate of drug-likeness (QED) is 0.738. The predicted octanol–water partition coefficient (Wildman–Crippen LogP) is 2.88. The average molecular weight is 445 g/mol. The predicted molar refractivity (Wildman–Crippen MR) is 116 cm³/mol. The molecular weight excluding hydrogens is 420 g/mol. The molecule has 3 aliphatic heterocycles. The summed E-state index contributed by atoms with van der Waals surface area (Å²) in [6, 6.07) is 11.2. The summed E-state index contributed by atoms with van der Waals surface area (Å²) < 4.78 is 17.5. The molecule has 0 aromatic heterocycles. The van der Waals surface area contributed by atoms with Gasteiger partial charge < -0.3 is 29.5 Å². The van der Waals surface area contributed by atoms with Crippen LogP contribution in [0.2, 0.25) is 5.02 Å². The molecule has 164 valence electrons. The van der Waals surface area contributed by atoms with Crippen LogP contribution in [0.1, 0.15) is 18.4 Å². The van der Waals surface area contributed by atoms with Crippen LogP contribution in [0, 0.1) is 0 Å². The number of carbonyl (C=O) groups excluding carboxylic acids is 1. The molecule has 2 aromatic carbocycles. The van der Waals surface area contributed by atoms with Gasteiger partial charge in [0, 0.05) is 43.9 Å². The molecule has 0 unspecified atom stereocenters. The maximum atomic E-state index is 11.6. The lowest BCUT2D eigenvalue weighted by Crippen LogP contribution is -2.49. The standard InChI is InChI=1S/C23H25ClN2O5/c24-16-4-5-18-15(10-16)11-23(31-18)6-8-26(9-7-23)12-17(27)13-29-19-2-1-3-20-22(19)25-21(28)14-30-20/h1-5,10,17,27H,6-9,11-14H2,(H,25,28)/t17-/m1/s1. The van der Waals surface area contributed by atoms with Crippen molar-refractivity contribution in [2.75, 3.05) is 38.2 Å². The van der Waals surface area contributed by atoms with Gasteiger partial charge in [0.15, 0.2) is 6.61 Å². The third-order valence-corrected chi connectivity index (χ3v) is 6.38. The van der Waals surface area contributed by atoms with Crippen molar-refractivity contribution < 1.29 is 24.1 Å². The Morgan fingerprint density at radius 1 is 1.23 bits per heavy atom. The molecule has 31 heavy (non-hydrogen) atoms. The SMILES string of the molecule is O=C1COc2cccc(OC[C@H](O)CN3CCC4(CC3)Cc3cc(Cl)ccc3O4)c2N1. The zero-order valence-corrected chi connectivity index (χ0v) is 17.9. The molecule has 2 aromatic rings. The third kappa shape index (κ3) is 4.31. The first-order chi connectivity index (χ1) is 15.0. The van der Waals surface area contributed by atoms with Gasteiger partial charge in [0.05, 0.1) is 0 Å². The van der Waals surface area contributed by atoms with Crippen LogP contribution >= 0.6 is 11.6 Å². The number of amides is 1. The van der Waals surface area contributed by atoms with E-state index >= 15 is 0 Å². The van der Waals surface area contributed by atoms with Crippen LogP contribution in [-0.2, 0) is 11.2 Å². The number of carbonyl (C=O) groups is 1. The summed E-state index contributed by atoms with van der Waals surface area (Å²) in [5.41, 5.74) is 1.53. The molecular formula is C23H25ClN2O5. The summed E-state index contributed by atoms with van der Waals surface area (Å²) in [5, 5.41) is 14.0. The lowest BCUT2D eigenvalue weighted by molar-refractivity contribution is -0.118. The van der Waals surface area contributed by atoms with Crippen LogP contribution in [-0.4, -0.2) is 60.5 Å². The molecule has 0 saturated carbocycles. The molecule has 0 bridgehead atoms. The van der Waals surface area contributed by atoms with Crippen molar-refractivity contribution in [3.05, 3.63) is 47.0 Å². The molecule has 2 N–H and O–H groups in total. The number of nitrogens with one attached hydrogen (secondary N) is 1. The van der Waals surface area contributed by atoms with E-state index in [-0.39, 0.29) is 24.7 Å². The second-order valence-electron chi connectivity index (χ2n) is 8.45. The molecule has 1 atom stereocenters.